The van der Waals surface area contributed by atoms with Gasteiger partial charge in [0.25, 0.3) is 0 Å². The van der Waals surface area contributed by atoms with Crippen LogP contribution in [-0.2, 0) is 4.79 Å². The van der Waals surface area contributed by atoms with Crippen LogP contribution in [0.25, 0.3) is 0 Å². The summed E-state index contributed by atoms with van der Waals surface area (Å²) in [6.45, 7) is 2.67. The molecule has 0 N–H and O–H groups in total. The fraction of sp³-hybridized carbons (Fsp3) is 0.955. The second-order valence-electron chi connectivity index (χ2n) is 10.1. The molecule has 0 bridgehead atoms. The van der Waals surface area contributed by atoms with E-state index in [2.05, 4.69) is 6.92 Å². The van der Waals surface area contributed by atoms with Gasteiger partial charge in [0, 0.05) is 12.3 Å². The fourth-order valence-corrected chi connectivity index (χ4v) is 8.84. The van der Waals surface area contributed by atoms with Crippen molar-refractivity contribution in [2.24, 2.45) is 40.4 Å². The Bertz CT molecular complexity index is 510. The topological polar surface area (TPSA) is 17.1 Å². The van der Waals surface area contributed by atoms with Gasteiger partial charge in [0.05, 0.1) is 0 Å². The van der Waals surface area contributed by atoms with Crippen LogP contribution >= 0.6 is 0 Å². The number of hydrogen-bond acceptors (Lipinski definition) is 1. The molecule has 0 radical (unpaired) electrons. The molecule has 5 saturated carbocycles. The van der Waals surface area contributed by atoms with Gasteiger partial charge in [-0.3, -0.25) is 4.79 Å². The van der Waals surface area contributed by atoms with Gasteiger partial charge in [-0.05, 0) is 98.7 Å². The number of ketones is 1. The molecular weight excluding hydrogens is 280 g/mol. The molecule has 0 saturated heterocycles. The van der Waals surface area contributed by atoms with Gasteiger partial charge in [0.1, 0.15) is 5.78 Å². The monoisotopic (exact) mass is 314 g/mol. The minimum absolute atomic E-state index is 0.467. The molecule has 5 fully saturated rings. The van der Waals surface area contributed by atoms with E-state index in [4.69, 9.17) is 0 Å². The number of carbonyl (C=O) groups excluding carboxylic acids is 1. The SMILES string of the molecule is CC12CCCCC1CCC1C2CCC23CCCC(=O)C2CCC13. The summed E-state index contributed by atoms with van der Waals surface area (Å²) in [6, 6.07) is 0. The van der Waals surface area contributed by atoms with E-state index in [0.29, 0.717) is 22.5 Å². The van der Waals surface area contributed by atoms with Crippen LogP contribution in [0, 0.1) is 40.4 Å². The Hall–Kier alpha value is -0.330. The van der Waals surface area contributed by atoms with Crippen molar-refractivity contribution in [2.75, 3.05) is 0 Å². The Morgan fingerprint density at radius 2 is 1.74 bits per heavy atom. The van der Waals surface area contributed by atoms with E-state index in [1.807, 2.05) is 0 Å². The highest BCUT2D eigenvalue weighted by atomic mass is 16.1. The lowest BCUT2D eigenvalue weighted by Crippen LogP contribution is -2.54. The zero-order valence-electron chi connectivity index (χ0n) is 15.0. The molecular formula is C22H34O. The van der Waals surface area contributed by atoms with Crippen molar-refractivity contribution >= 4 is 5.78 Å². The van der Waals surface area contributed by atoms with E-state index in [0.717, 1.165) is 30.1 Å². The van der Waals surface area contributed by atoms with E-state index in [1.165, 1.54) is 77.0 Å². The van der Waals surface area contributed by atoms with Crippen molar-refractivity contribution in [1.29, 1.82) is 0 Å². The zero-order valence-corrected chi connectivity index (χ0v) is 15.0. The first-order valence-electron chi connectivity index (χ1n) is 10.7. The second kappa shape index (κ2) is 5.09. The molecule has 7 unspecified atom stereocenters. The number of carbonyl (C=O) groups is 1. The average molecular weight is 315 g/mol. The van der Waals surface area contributed by atoms with Gasteiger partial charge >= 0.3 is 0 Å². The van der Waals surface area contributed by atoms with Gasteiger partial charge in [0.15, 0.2) is 0 Å². The second-order valence-corrected chi connectivity index (χ2v) is 10.1. The van der Waals surface area contributed by atoms with E-state index < -0.39 is 0 Å². The van der Waals surface area contributed by atoms with Crippen molar-refractivity contribution in [2.45, 2.75) is 90.4 Å². The van der Waals surface area contributed by atoms with Gasteiger partial charge in [-0.2, -0.15) is 0 Å². The zero-order chi connectivity index (χ0) is 15.7. The van der Waals surface area contributed by atoms with Gasteiger partial charge in [0.2, 0.25) is 0 Å². The van der Waals surface area contributed by atoms with Gasteiger partial charge in [-0.25, -0.2) is 0 Å². The van der Waals surface area contributed by atoms with Crippen LogP contribution in [0.1, 0.15) is 90.4 Å². The molecule has 0 amide bonds. The quantitative estimate of drug-likeness (QED) is 0.555. The highest BCUT2D eigenvalue weighted by Gasteiger charge is 2.62. The Kier molecular flexibility index (Phi) is 3.31. The number of Topliss-reactive ketones (excluding diaryl/α,β-unsaturated/α-hetero) is 1. The van der Waals surface area contributed by atoms with Crippen molar-refractivity contribution in [3.8, 4) is 0 Å². The van der Waals surface area contributed by atoms with E-state index >= 15 is 0 Å². The summed E-state index contributed by atoms with van der Waals surface area (Å²) < 4.78 is 0. The molecule has 5 aliphatic carbocycles. The molecule has 0 aromatic heterocycles. The molecule has 0 aromatic rings. The Labute approximate surface area is 142 Å². The molecule has 5 rings (SSSR count). The van der Waals surface area contributed by atoms with Crippen LogP contribution < -0.4 is 0 Å². The van der Waals surface area contributed by atoms with Crippen molar-refractivity contribution < 1.29 is 4.79 Å². The van der Waals surface area contributed by atoms with Gasteiger partial charge < -0.3 is 0 Å². The van der Waals surface area contributed by atoms with Crippen molar-refractivity contribution in [3.05, 3.63) is 0 Å². The summed E-state index contributed by atoms with van der Waals surface area (Å²) >= 11 is 0. The van der Waals surface area contributed by atoms with Crippen molar-refractivity contribution in [1.82, 2.24) is 0 Å². The largest absolute Gasteiger partial charge is 0.299 e. The minimum Gasteiger partial charge on any atom is -0.299 e. The summed E-state index contributed by atoms with van der Waals surface area (Å²) in [6.07, 6.45) is 17.9. The lowest BCUT2D eigenvalue weighted by molar-refractivity contribution is -0.144. The molecule has 1 heteroatoms. The minimum atomic E-state index is 0.467. The van der Waals surface area contributed by atoms with Crippen molar-refractivity contribution in [3.63, 3.8) is 0 Å². The summed E-state index contributed by atoms with van der Waals surface area (Å²) in [4.78, 5) is 12.6. The van der Waals surface area contributed by atoms with Crippen LogP contribution in [0.5, 0.6) is 0 Å². The van der Waals surface area contributed by atoms with E-state index in [1.54, 1.807) is 0 Å². The third kappa shape index (κ3) is 1.89. The molecule has 128 valence electrons. The van der Waals surface area contributed by atoms with Crippen LogP contribution in [0.4, 0.5) is 0 Å². The van der Waals surface area contributed by atoms with Crippen LogP contribution in [-0.4, -0.2) is 5.78 Å². The first kappa shape index (κ1) is 15.0. The molecule has 23 heavy (non-hydrogen) atoms. The first-order chi connectivity index (χ1) is 11.2. The summed E-state index contributed by atoms with van der Waals surface area (Å²) in [5.41, 5.74) is 1.12. The fourth-order valence-electron chi connectivity index (χ4n) is 8.84. The molecule has 1 nitrogen and oxygen atoms in total. The molecule has 7 atom stereocenters. The highest BCUT2D eigenvalue weighted by molar-refractivity contribution is 5.83. The summed E-state index contributed by atoms with van der Waals surface area (Å²) in [5.74, 6) is 5.02. The Balaban J connectivity index is 1.48. The summed E-state index contributed by atoms with van der Waals surface area (Å²) in [7, 11) is 0. The smallest absolute Gasteiger partial charge is 0.136 e. The van der Waals surface area contributed by atoms with Gasteiger partial charge in [-0.15, -0.1) is 0 Å². The predicted molar refractivity (Wildman–Crippen MR) is 93.0 cm³/mol. The highest BCUT2D eigenvalue weighted by Crippen LogP contribution is 2.69. The lowest BCUT2D eigenvalue weighted by atomic mass is 9.43. The summed E-state index contributed by atoms with van der Waals surface area (Å²) in [5, 5.41) is 0. The number of fused-ring (bicyclic) bond motifs is 4. The Morgan fingerprint density at radius 3 is 2.65 bits per heavy atom. The average Bonchev–Trinajstić information content (AvgIpc) is 2.95. The number of rotatable bonds is 0. The lowest BCUT2D eigenvalue weighted by Gasteiger charge is -2.61. The van der Waals surface area contributed by atoms with Crippen LogP contribution in [0.3, 0.4) is 0 Å². The molecule has 0 aliphatic heterocycles. The predicted octanol–water partition coefficient (Wildman–Crippen LogP) is 5.77. The standard InChI is InChI=1S/C22H34O/c1-21-12-3-2-5-15(21)7-8-16-17(21)11-14-22-13-4-6-20(23)19(22)10-9-18(16)22/h15-19H,2-14H2,1H3. The molecule has 0 aromatic carbocycles. The third-order valence-electron chi connectivity index (χ3n) is 9.75. The van der Waals surface area contributed by atoms with E-state index in [9.17, 15) is 4.79 Å². The Morgan fingerprint density at radius 1 is 0.826 bits per heavy atom. The molecule has 5 aliphatic rings. The normalized spacial score (nSPS) is 55.5. The maximum absolute atomic E-state index is 12.6. The third-order valence-corrected chi connectivity index (χ3v) is 9.75. The van der Waals surface area contributed by atoms with E-state index in [-0.39, 0.29) is 0 Å². The first-order valence-corrected chi connectivity index (χ1v) is 10.7. The molecule has 0 heterocycles. The van der Waals surface area contributed by atoms with Crippen LogP contribution in [0.15, 0.2) is 0 Å². The van der Waals surface area contributed by atoms with Gasteiger partial charge in [-0.1, -0.05) is 19.8 Å². The maximum Gasteiger partial charge on any atom is 0.136 e. The maximum atomic E-state index is 12.6. The molecule has 1 spiro atoms. The van der Waals surface area contributed by atoms with Crippen LogP contribution in [0.2, 0.25) is 0 Å². The number of hydrogen-bond donors (Lipinski definition) is 0.